The molecule has 2 amide bonds. The van der Waals surface area contributed by atoms with Gasteiger partial charge in [-0.2, -0.15) is 0 Å². The summed E-state index contributed by atoms with van der Waals surface area (Å²) in [5.74, 6) is 0.125. The van der Waals surface area contributed by atoms with Crippen molar-refractivity contribution in [3.63, 3.8) is 0 Å². The number of amides is 2. The fourth-order valence-electron chi connectivity index (χ4n) is 8.50. The Bertz CT molecular complexity index is 2490. The maximum Gasteiger partial charge on any atom is 0.278 e. The van der Waals surface area contributed by atoms with Crippen LogP contribution >= 0.6 is 11.6 Å². The van der Waals surface area contributed by atoms with E-state index < -0.39 is 17.0 Å². The number of carbonyl (C=O) groups excluding carboxylic acids is 2. The molecule has 5 heterocycles. The molecular weight excluding hydrogens is 721 g/mol. The van der Waals surface area contributed by atoms with Gasteiger partial charge in [0.05, 0.1) is 41.2 Å². The molecule has 2 fully saturated rings. The number of nitrogens with one attached hydrogen (secondary N) is 2. The minimum Gasteiger partial charge on any atom is -0.444 e. The van der Waals surface area contributed by atoms with E-state index >= 15 is 0 Å². The first-order valence-corrected chi connectivity index (χ1v) is 19.2. The first-order chi connectivity index (χ1) is 26.6. The molecule has 5 aliphatic rings. The topological polar surface area (TPSA) is 107 Å². The summed E-state index contributed by atoms with van der Waals surface area (Å²) in [4.78, 5) is 33.7. The number of carbonyl (C=O) groups is 2. The highest BCUT2D eigenvalue weighted by Gasteiger charge is 2.56. The minimum atomic E-state index is -1.32. The Morgan fingerprint density at radius 3 is 2.69 bits per heavy atom. The van der Waals surface area contributed by atoms with Crippen LogP contribution in [-0.4, -0.2) is 52.1 Å². The lowest BCUT2D eigenvalue weighted by atomic mass is 9.93. The maximum absolute atomic E-state index is 15.0. The van der Waals surface area contributed by atoms with Crippen LogP contribution in [0, 0.1) is 12.7 Å². The van der Waals surface area contributed by atoms with Gasteiger partial charge in [0, 0.05) is 54.1 Å². The molecule has 2 N–H and O–H groups in total. The predicted molar refractivity (Wildman–Crippen MR) is 207 cm³/mol. The first kappa shape index (κ1) is 34.3. The van der Waals surface area contributed by atoms with Gasteiger partial charge in [0.2, 0.25) is 5.91 Å². The second kappa shape index (κ2) is 12.7. The zero-order valence-electron chi connectivity index (χ0n) is 30.5. The molecule has 10 rings (SSSR count). The molecule has 4 aromatic carbocycles. The van der Waals surface area contributed by atoms with Gasteiger partial charge in [0.15, 0.2) is 11.5 Å². The van der Waals surface area contributed by atoms with E-state index in [0.717, 1.165) is 83.6 Å². The Balaban J connectivity index is 0.874. The van der Waals surface area contributed by atoms with Crippen LogP contribution in [0.5, 0.6) is 11.5 Å². The molecule has 1 unspecified atom stereocenters. The highest BCUT2D eigenvalue weighted by molar-refractivity contribution is 6.30. The average Bonchev–Trinajstić information content (AvgIpc) is 3.68. The fourth-order valence-corrected chi connectivity index (χ4v) is 8.66. The molecule has 4 aliphatic heterocycles. The number of nitrogens with zero attached hydrogens (tertiary/aromatic N) is 3. The predicted octanol–water partition coefficient (Wildman–Crippen LogP) is 8.10. The number of ether oxygens (including phenoxy) is 3. The number of hydrogen-bond donors (Lipinski definition) is 2. The van der Waals surface area contributed by atoms with Crippen LogP contribution in [0.3, 0.4) is 0 Å². The number of benzene rings is 4. The summed E-state index contributed by atoms with van der Waals surface area (Å²) in [5.41, 5.74) is 7.54. The van der Waals surface area contributed by atoms with Crippen LogP contribution in [0.4, 0.5) is 15.8 Å². The van der Waals surface area contributed by atoms with Crippen LogP contribution < -0.4 is 20.1 Å². The summed E-state index contributed by atoms with van der Waals surface area (Å²) < 4.78 is 35.6. The molecule has 10 nitrogen and oxygen atoms in total. The van der Waals surface area contributed by atoms with Crippen LogP contribution in [0.25, 0.3) is 16.6 Å². The second-order valence-corrected chi connectivity index (χ2v) is 15.9. The van der Waals surface area contributed by atoms with Crippen molar-refractivity contribution in [3.05, 3.63) is 117 Å². The third kappa shape index (κ3) is 5.79. The van der Waals surface area contributed by atoms with Crippen LogP contribution in [0.2, 0.25) is 5.02 Å². The standard InChI is InChI=1S/C43H39ClFN5O5/c1-24-18-26(19-32-38(24)48-41(52)43(32)13-14-43)40(51)46-28-7-9-35-34(21-28)47-37(50(35)22-29-12-17-53-29)23-49-15-10-25(11-16-49)30-4-3-5-36-39(30)55-42(2,54-36)31-8-6-27(44)20-33(31)45/h3-10,18-21,29H,11-17,22-23H2,1-2H3,(H,46,51)(H,48,52)/t29-,42?/m0/s1. The van der Waals surface area contributed by atoms with Gasteiger partial charge >= 0.3 is 0 Å². The third-order valence-corrected chi connectivity index (χ3v) is 12.0. The summed E-state index contributed by atoms with van der Waals surface area (Å²) >= 11 is 6.01. The van der Waals surface area contributed by atoms with Crippen molar-refractivity contribution < 1.29 is 28.2 Å². The van der Waals surface area contributed by atoms with Gasteiger partial charge in [0.25, 0.3) is 11.7 Å². The Kier molecular flexibility index (Phi) is 7.89. The van der Waals surface area contributed by atoms with Crippen molar-refractivity contribution in [2.45, 2.75) is 69.9 Å². The van der Waals surface area contributed by atoms with Gasteiger partial charge in [-0.05, 0) is 104 Å². The summed E-state index contributed by atoms with van der Waals surface area (Å²) in [6.07, 6.45) is 5.76. The maximum atomic E-state index is 15.0. The van der Waals surface area contributed by atoms with E-state index in [2.05, 4.69) is 26.2 Å². The zero-order valence-corrected chi connectivity index (χ0v) is 31.3. The van der Waals surface area contributed by atoms with Crippen LogP contribution in [-0.2, 0) is 33.8 Å². The SMILES string of the molecule is Cc1cc(C(=O)Nc2ccc3c(c2)nc(CN2CC=C(c4cccc5c4OC(C)(c4ccc(Cl)cc4F)O5)CC2)n3C[C@@H]2CCO2)cc2c1NC(=O)C21CC1. The Morgan fingerprint density at radius 2 is 1.95 bits per heavy atom. The number of aryl methyl sites for hydroxylation is 1. The molecule has 0 radical (unpaired) electrons. The molecule has 1 aromatic heterocycles. The van der Waals surface area contributed by atoms with Crippen molar-refractivity contribution in [1.29, 1.82) is 0 Å². The number of anilines is 2. The fraction of sp³-hybridized carbons (Fsp3) is 0.326. The molecule has 2 atom stereocenters. The van der Waals surface area contributed by atoms with Crippen LogP contribution in [0.15, 0.2) is 72.8 Å². The lowest BCUT2D eigenvalue weighted by molar-refractivity contribution is -0.117. The molecule has 1 saturated carbocycles. The molecule has 0 bridgehead atoms. The van der Waals surface area contributed by atoms with Crippen molar-refractivity contribution >= 4 is 51.4 Å². The van der Waals surface area contributed by atoms with Gasteiger partial charge in [-0.25, -0.2) is 9.37 Å². The number of aromatic nitrogens is 2. The van der Waals surface area contributed by atoms with E-state index in [1.165, 1.54) is 6.07 Å². The Labute approximate surface area is 322 Å². The smallest absolute Gasteiger partial charge is 0.278 e. The van der Waals surface area contributed by atoms with Gasteiger partial charge < -0.3 is 29.4 Å². The molecule has 5 aromatic rings. The highest BCUT2D eigenvalue weighted by Crippen LogP contribution is 2.56. The average molecular weight is 760 g/mol. The number of hydrogen-bond acceptors (Lipinski definition) is 7. The largest absolute Gasteiger partial charge is 0.444 e. The van der Waals surface area contributed by atoms with Gasteiger partial charge in [-0.1, -0.05) is 29.8 Å². The minimum absolute atomic E-state index is 0.0366. The van der Waals surface area contributed by atoms with Crippen molar-refractivity contribution in [2.75, 3.05) is 30.3 Å². The molecule has 1 saturated heterocycles. The zero-order chi connectivity index (χ0) is 37.6. The third-order valence-electron chi connectivity index (χ3n) is 11.8. The van der Waals surface area contributed by atoms with Gasteiger partial charge in [-0.3, -0.25) is 14.5 Å². The number of para-hydroxylation sites is 1. The number of fused-ring (bicyclic) bond motifs is 4. The van der Waals surface area contributed by atoms with Crippen molar-refractivity contribution in [2.24, 2.45) is 0 Å². The normalized spacial score (nSPS) is 22.0. The van der Waals surface area contributed by atoms with Crippen molar-refractivity contribution in [1.82, 2.24) is 14.5 Å². The van der Waals surface area contributed by atoms with E-state index in [-0.39, 0.29) is 23.5 Å². The first-order valence-electron chi connectivity index (χ1n) is 18.8. The lowest BCUT2D eigenvalue weighted by Crippen LogP contribution is -2.33. The molecular formula is C43H39ClFN5O5. The van der Waals surface area contributed by atoms with Crippen LogP contribution in [0.1, 0.15) is 71.0 Å². The molecule has 12 heteroatoms. The Hall–Kier alpha value is -5.23. The number of rotatable bonds is 8. The molecule has 1 spiro atoms. The van der Waals surface area contributed by atoms with E-state index in [4.69, 9.17) is 30.8 Å². The summed E-state index contributed by atoms with van der Waals surface area (Å²) in [5, 5.41) is 6.41. The molecule has 280 valence electrons. The van der Waals surface area contributed by atoms with Crippen molar-refractivity contribution in [3.8, 4) is 11.5 Å². The number of halogens is 2. The van der Waals surface area contributed by atoms with E-state index in [1.807, 2.05) is 55.5 Å². The molecule has 55 heavy (non-hydrogen) atoms. The monoisotopic (exact) mass is 759 g/mol. The van der Waals surface area contributed by atoms with Gasteiger partial charge in [0.1, 0.15) is 11.6 Å². The summed E-state index contributed by atoms with van der Waals surface area (Å²) in [6.45, 7) is 7.26. The Morgan fingerprint density at radius 1 is 1.09 bits per heavy atom. The highest BCUT2D eigenvalue weighted by atomic mass is 35.5. The van der Waals surface area contributed by atoms with E-state index in [0.29, 0.717) is 47.4 Å². The van der Waals surface area contributed by atoms with E-state index in [9.17, 15) is 14.0 Å². The number of imidazole rings is 1. The molecule has 1 aliphatic carbocycles. The second-order valence-electron chi connectivity index (χ2n) is 15.5. The van der Waals surface area contributed by atoms with Gasteiger partial charge in [-0.15, -0.1) is 0 Å². The van der Waals surface area contributed by atoms with E-state index in [1.54, 1.807) is 19.1 Å². The lowest BCUT2D eigenvalue weighted by Gasteiger charge is -2.29. The quantitative estimate of drug-likeness (QED) is 0.165. The summed E-state index contributed by atoms with van der Waals surface area (Å²) in [6, 6.07) is 19.9. The summed E-state index contributed by atoms with van der Waals surface area (Å²) in [7, 11) is 0.